The SMILES string of the molecule is C=CCN(CC(=O)c1c(C)c(C(=O)OC)n(C)c1C)C(=O)c1cccc(F)c1. The van der Waals surface area contributed by atoms with Crippen LogP contribution in [0.3, 0.4) is 0 Å². The van der Waals surface area contributed by atoms with Crippen molar-refractivity contribution >= 4 is 17.7 Å². The Morgan fingerprint density at radius 2 is 1.96 bits per heavy atom. The maximum atomic E-state index is 13.5. The Hall–Kier alpha value is -3.22. The number of ketones is 1. The molecule has 0 spiro atoms. The maximum Gasteiger partial charge on any atom is 0.354 e. The number of Topliss-reactive ketones (excluding diaryl/α,β-unsaturated/α-hetero) is 1. The van der Waals surface area contributed by atoms with E-state index in [9.17, 15) is 18.8 Å². The third-order valence-electron chi connectivity index (χ3n) is 4.63. The van der Waals surface area contributed by atoms with Crippen molar-refractivity contribution in [2.75, 3.05) is 20.2 Å². The Labute approximate surface area is 163 Å². The number of amides is 1. The maximum absolute atomic E-state index is 13.5. The summed E-state index contributed by atoms with van der Waals surface area (Å²) in [6.07, 6.45) is 1.50. The summed E-state index contributed by atoms with van der Waals surface area (Å²) in [5.41, 5.74) is 1.89. The zero-order valence-electron chi connectivity index (χ0n) is 16.4. The average molecular weight is 386 g/mol. The molecule has 1 aromatic carbocycles. The second-order valence-electron chi connectivity index (χ2n) is 6.39. The minimum atomic E-state index is -0.541. The lowest BCUT2D eigenvalue weighted by molar-refractivity contribution is 0.0588. The summed E-state index contributed by atoms with van der Waals surface area (Å²) >= 11 is 0. The number of ether oxygens (including phenoxy) is 1. The summed E-state index contributed by atoms with van der Waals surface area (Å²) < 4.78 is 19.8. The number of hydrogen-bond acceptors (Lipinski definition) is 4. The molecule has 1 aromatic heterocycles. The number of esters is 1. The van der Waals surface area contributed by atoms with E-state index < -0.39 is 17.7 Å². The molecule has 0 unspecified atom stereocenters. The van der Waals surface area contributed by atoms with E-state index >= 15 is 0 Å². The minimum absolute atomic E-state index is 0.121. The fourth-order valence-corrected chi connectivity index (χ4v) is 3.21. The van der Waals surface area contributed by atoms with Gasteiger partial charge in [0.1, 0.15) is 11.5 Å². The molecule has 0 aliphatic carbocycles. The third-order valence-corrected chi connectivity index (χ3v) is 4.63. The molecule has 0 saturated carbocycles. The molecule has 0 radical (unpaired) electrons. The molecule has 0 bridgehead atoms. The quantitative estimate of drug-likeness (QED) is 0.417. The predicted molar refractivity (Wildman–Crippen MR) is 103 cm³/mol. The lowest BCUT2D eigenvalue weighted by Gasteiger charge is -2.20. The van der Waals surface area contributed by atoms with Gasteiger partial charge in [0.2, 0.25) is 0 Å². The number of rotatable bonds is 7. The summed E-state index contributed by atoms with van der Waals surface area (Å²) in [6.45, 7) is 6.90. The zero-order valence-corrected chi connectivity index (χ0v) is 16.4. The van der Waals surface area contributed by atoms with Crippen LogP contribution in [-0.2, 0) is 11.8 Å². The standard InChI is InChI=1S/C21H23FN2O4/c1-6-10-24(20(26)15-8-7-9-16(22)11-15)12-17(25)18-13(2)19(21(27)28-5)23(4)14(18)3/h6-9,11H,1,10,12H2,2-5H3. The number of carbonyl (C=O) groups excluding carboxylic acids is 3. The van der Waals surface area contributed by atoms with Gasteiger partial charge >= 0.3 is 5.97 Å². The van der Waals surface area contributed by atoms with Crippen LogP contribution < -0.4 is 0 Å². The highest BCUT2D eigenvalue weighted by Gasteiger charge is 2.27. The van der Waals surface area contributed by atoms with Crippen molar-refractivity contribution in [2.45, 2.75) is 13.8 Å². The second-order valence-corrected chi connectivity index (χ2v) is 6.39. The van der Waals surface area contributed by atoms with Crippen molar-refractivity contribution in [1.29, 1.82) is 0 Å². The Kier molecular flexibility index (Phi) is 6.51. The highest BCUT2D eigenvalue weighted by molar-refractivity contribution is 6.06. The van der Waals surface area contributed by atoms with E-state index in [1.54, 1.807) is 25.5 Å². The molecule has 0 aliphatic heterocycles. The Morgan fingerprint density at radius 3 is 2.54 bits per heavy atom. The van der Waals surface area contributed by atoms with Gasteiger partial charge in [-0.15, -0.1) is 6.58 Å². The van der Waals surface area contributed by atoms with Gasteiger partial charge in [-0.1, -0.05) is 12.1 Å². The van der Waals surface area contributed by atoms with Gasteiger partial charge < -0.3 is 14.2 Å². The molecule has 28 heavy (non-hydrogen) atoms. The highest BCUT2D eigenvalue weighted by atomic mass is 19.1. The second kappa shape index (κ2) is 8.65. The third kappa shape index (κ3) is 4.03. The van der Waals surface area contributed by atoms with Gasteiger partial charge in [0.25, 0.3) is 5.91 Å². The normalized spacial score (nSPS) is 10.5. The fraction of sp³-hybridized carbons (Fsp3) is 0.286. The van der Waals surface area contributed by atoms with E-state index in [0.717, 1.165) is 6.07 Å². The molecule has 1 heterocycles. The first-order valence-corrected chi connectivity index (χ1v) is 8.66. The molecule has 2 aromatic rings. The molecule has 0 saturated heterocycles. The summed E-state index contributed by atoms with van der Waals surface area (Å²) in [5.74, 6) is -1.88. The number of halogens is 1. The van der Waals surface area contributed by atoms with Crippen molar-refractivity contribution < 1.29 is 23.5 Å². The molecule has 1 amide bonds. The van der Waals surface area contributed by atoms with Crippen LogP contribution in [0.1, 0.15) is 42.5 Å². The summed E-state index contributed by atoms with van der Waals surface area (Å²) in [5, 5.41) is 0. The zero-order chi connectivity index (χ0) is 21.0. The van der Waals surface area contributed by atoms with Crippen molar-refractivity contribution in [3.8, 4) is 0 Å². The molecule has 0 aliphatic rings. The first-order valence-electron chi connectivity index (χ1n) is 8.66. The van der Waals surface area contributed by atoms with Crippen LogP contribution >= 0.6 is 0 Å². The largest absolute Gasteiger partial charge is 0.464 e. The van der Waals surface area contributed by atoms with E-state index in [2.05, 4.69) is 6.58 Å². The van der Waals surface area contributed by atoms with Crippen molar-refractivity contribution in [1.82, 2.24) is 9.47 Å². The fourth-order valence-electron chi connectivity index (χ4n) is 3.21. The van der Waals surface area contributed by atoms with Crippen molar-refractivity contribution in [3.63, 3.8) is 0 Å². The van der Waals surface area contributed by atoms with E-state index in [1.807, 2.05) is 0 Å². The van der Waals surface area contributed by atoms with Crippen LogP contribution in [0.15, 0.2) is 36.9 Å². The van der Waals surface area contributed by atoms with Gasteiger partial charge in [0.05, 0.1) is 13.7 Å². The topological polar surface area (TPSA) is 68.6 Å². The van der Waals surface area contributed by atoms with Gasteiger partial charge in [0, 0.05) is 30.4 Å². The summed E-state index contributed by atoms with van der Waals surface area (Å²) in [4.78, 5) is 39.0. The molecule has 0 N–H and O–H groups in total. The minimum Gasteiger partial charge on any atom is -0.464 e. The number of methoxy groups -OCH3 is 1. The molecule has 2 rings (SSSR count). The van der Waals surface area contributed by atoms with Gasteiger partial charge in [-0.2, -0.15) is 0 Å². The molecule has 148 valence electrons. The van der Waals surface area contributed by atoms with Crippen LogP contribution in [0, 0.1) is 19.7 Å². The average Bonchev–Trinajstić information content (AvgIpc) is 2.89. The number of benzene rings is 1. The van der Waals surface area contributed by atoms with Crippen LogP contribution in [0.5, 0.6) is 0 Å². The molecular weight excluding hydrogens is 363 g/mol. The van der Waals surface area contributed by atoms with Crippen LogP contribution in [0.25, 0.3) is 0 Å². The van der Waals surface area contributed by atoms with Crippen molar-refractivity contribution in [3.05, 3.63) is 70.8 Å². The van der Waals surface area contributed by atoms with E-state index in [0.29, 0.717) is 16.8 Å². The van der Waals surface area contributed by atoms with Crippen LogP contribution in [-0.4, -0.2) is 47.3 Å². The van der Waals surface area contributed by atoms with Gasteiger partial charge in [0.15, 0.2) is 5.78 Å². The van der Waals surface area contributed by atoms with Gasteiger partial charge in [-0.25, -0.2) is 9.18 Å². The Balaban J connectivity index is 2.36. The van der Waals surface area contributed by atoms with Gasteiger partial charge in [-0.3, -0.25) is 9.59 Å². The van der Waals surface area contributed by atoms with Crippen molar-refractivity contribution in [2.24, 2.45) is 7.05 Å². The number of hydrogen-bond donors (Lipinski definition) is 0. The first-order chi connectivity index (χ1) is 13.2. The number of carbonyl (C=O) groups is 3. The molecule has 0 fully saturated rings. The number of aromatic nitrogens is 1. The highest BCUT2D eigenvalue weighted by Crippen LogP contribution is 2.23. The van der Waals surface area contributed by atoms with E-state index in [1.165, 1.54) is 36.3 Å². The predicted octanol–water partition coefficient (Wildman–Crippen LogP) is 3.08. The molecular formula is C21H23FN2O4. The lowest BCUT2D eigenvalue weighted by Crippen LogP contribution is -2.36. The van der Waals surface area contributed by atoms with Crippen LogP contribution in [0.2, 0.25) is 0 Å². The first kappa shape index (κ1) is 21.1. The Morgan fingerprint density at radius 1 is 1.29 bits per heavy atom. The monoisotopic (exact) mass is 386 g/mol. The Bertz CT molecular complexity index is 946. The van der Waals surface area contributed by atoms with E-state index in [4.69, 9.17) is 4.74 Å². The van der Waals surface area contributed by atoms with Gasteiger partial charge in [-0.05, 0) is 37.6 Å². The molecule has 0 atom stereocenters. The van der Waals surface area contributed by atoms with E-state index in [-0.39, 0.29) is 30.1 Å². The lowest BCUT2D eigenvalue weighted by atomic mass is 10.0. The molecule has 6 nitrogen and oxygen atoms in total. The molecule has 7 heteroatoms. The summed E-state index contributed by atoms with van der Waals surface area (Å²) in [7, 11) is 2.94. The number of nitrogens with zero attached hydrogens (tertiary/aromatic N) is 2. The summed E-state index contributed by atoms with van der Waals surface area (Å²) in [6, 6.07) is 5.28. The smallest absolute Gasteiger partial charge is 0.354 e. The van der Waals surface area contributed by atoms with Crippen LogP contribution in [0.4, 0.5) is 4.39 Å².